The van der Waals surface area contributed by atoms with Gasteiger partial charge >= 0.3 is 0 Å². The van der Waals surface area contributed by atoms with Gasteiger partial charge in [0.25, 0.3) is 0 Å². The number of aromatic nitrogens is 3. The number of nitrogen functional groups attached to an aromatic ring is 1. The molecule has 68 valence electrons. The summed E-state index contributed by atoms with van der Waals surface area (Å²) in [6, 6.07) is 0. The van der Waals surface area contributed by atoms with Crippen molar-refractivity contribution in [3.8, 4) is 0 Å². The summed E-state index contributed by atoms with van der Waals surface area (Å²) in [6.07, 6.45) is -0.270. The zero-order valence-corrected chi connectivity index (χ0v) is 7.19. The second kappa shape index (κ2) is 3.51. The lowest BCUT2D eigenvalue weighted by Gasteiger charge is -2.06. The normalized spacial score (nSPS) is 13.2. The molecular weight excluding hydrogens is 158 g/mol. The minimum absolute atomic E-state index is 0.270. The summed E-state index contributed by atoms with van der Waals surface area (Å²) in [5.41, 5.74) is 10.9. The third-order valence-electron chi connectivity index (χ3n) is 1.60. The van der Waals surface area contributed by atoms with Crippen LogP contribution in [0.2, 0.25) is 0 Å². The monoisotopic (exact) mass is 171 g/mol. The van der Waals surface area contributed by atoms with Crippen molar-refractivity contribution in [2.24, 2.45) is 12.8 Å². The van der Waals surface area contributed by atoms with Crippen LogP contribution in [0.1, 0.15) is 11.9 Å². The maximum atomic E-state index is 5.48. The summed E-state index contributed by atoms with van der Waals surface area (Å²) in [4.78, 5) is 3.98. The van der Waals surface area contributed by atoms with Crippen molar-refractivity contribution in [3.05, 3.63) is 5.82 Å². The number of rotatable bonds is 3. The summed E-state index contributed by atoms with van der Waals surface area (Å²) < 4.78 is 6.52. The lowest BCUT2D eigenvalue weighted by atomic mass is 10.3. The molecule has 1 heterocycles. The molecule has 0 bridgehead atoms. The minimum Gasteiger partial charge on any atom is -0.372 e. The third kappa shape index (κ3) is 1.54. The maximum absolute atomic E-state index is 5.48. The van der Waals surface area contributed by atoms with Crippen LogP contribution >= 0.6 is 0 Å². The fraction of sp³-hybridized carbons (Fsp3) is 0.667. The number of nitrogens with zero attached hydrogens (tertiary/aromatic N) is 3. The van der Waals surface area contributed by atoms with E-state index in [0.29, 0.717) is 18.3 Å². The molecule has 4 N–H and O–H groups in total. The number of hydrogen-bond acceptors (Lipinski definition) is 5. The highest BCUT2D eigenvalue weighted by Gasteiger charge is 2.14. The molecule has 0 saturated heterocycles. The summed E-state index contributed by atoms with van der Waals surface area (Å²) >= 11 is 0. The molecule has 0 aliphatic heterocycles. The van der Waals surface area contributed by atoms with Crippen molar-refractivity contribution in [3.63, 3.8) is 0 Å². The standard InChI is InChI=1S/C6H13N5O/c1-11-6(8)9-5(10-11)4(3-7)12-2/h4H,3,7H2,1-2H3,(H2,8,9,10). The van der Waals surface area contributed by atoms with Gasteiger partial charge in [0.15, 0.2) is 5.82 Å². The molecule has 1 rings (SSSR count). The SMILES string of the molecule is COC(CN)c1nc(N)n(C)n1. The number of methoxy groups -OCH3 is 1. The van der Waals surface area contributed by atoms with Gasteiger partial charge in [0.05, 0.1) is 0 Å². The fourth-order valence-corrected chi connectivity index (χ4v) is 0.860. The van der Waals surface area contributed by atoms with Crippen LogP contribution in [0.5, 0.6) is 0 Å². The van der Waals surface area contributed by atoms with Crippen molar-refractivity contribution in [2.75, 3.05) is 19.4 Å². The minimum atomic E-state index is -0.270. The third-order valence-corrected chi connectivity index (χ3v) is 1.60. The number of hydrogen-bond donors (Lipinski definition) is 2. The van der Waals surface area contributed by atoms with Gasteiger partial charge in [0.2, 0.25) is 5.95 Å². The summed E-state index contributed by atoms with van der Waals surface area (Å²) in [7, 11) is 3.28. The van der Waals surface area contributed by atoms with E-state index in [2.05, 4.69) is 10.1 Å². The van der Waals surface area contributed by atoms with Gasteiger partial charge < -0.3 is 16.2 Å². The van der Waals surface area contributed by atoms with E-state index in [0.717, 1.165) is 0 Å². The Morgan fingerprint density at radius 3 is 2.67 bits per heavy atom. The number of nitrogens with two attached hydrogens (primary N) is 2. The van der Waals surface area contributed by atoms with E-state index in [4.69, 9.17) is 16.2 Å². The van der Waals surface area contributed by atoms with Gasteiger partial charge in [-0.1, -0.05) is 0 Å². The first-order chi connectivity index (χ1) is 5.69. The molecule has 0 fully saturated rings. The van der Waals surface area contributed by atoms with E-state index in [1.807, 2.05) is 0 Å². The van der Waals surface area contributed by atoms with Gasteiger partial charge in [-0.25, -0.2) is 4.68 Å². The second-order valence-electron chi connectivity index (χ2n) is 2.41. The number of aryl methyl sites for hydroxylation is 1. The molecule has 0 amide bonds. The molecule has 1 atom stereocenters. The van der Waals surface area contributed by atoms with E-state index in [1.165, 1.54) is 4.68 Å². The Morgan fingerprint density at radius 1 is 1.67 bits per heavy atom. The molecule has 0 spiro atoms. The largest absolute Gasteiger partial charge is 0.372 e. The van der Waals surface area contributed by atoms with Crippen LogP contribution in [0.25, 0.3) is 0 Å². The molecule has 0 aliphatic carbocycles. The second-order valence-corrected chi connectivity index (χ2v) is 2.41. The Balaban J connectivity index is 2.86. The number of anilines is 1. The first-order valence-corrected chi connectivity index (χ1v) is 3.58. The van der Waals surface area contributed by atoms with Gasteiger partial charge in [0, 0.05) is 20.7 Å². The van der Waals surface area contributed by atoms with Crippen molar-refractivity contribution >= 4 is 5.95 Å². The van der Waals surface area contributed by atoms with Crippen molar-refractivity contribution in [1.82, 2.24) is 14.8 Å². The summed E-state index contributed by atoms with van der Waals surface area (Å²) in [5, 5.41) is 4.03. The van der Waals surface area contributed by atoms with Crippen LogP contribution in [0.15, 0.2) is 0 Å². The van der Waals surface area contributed by atoms with E-state index in [9.17, 15) is 0 Å². The Labute approximate surface area is 70.5 Å². The average molecular weight is 171 g/mol. The van der Waals surface area contributed by atoms with Crippen LogP contribution in [0.3, 0.4) is 0 Å². The lowest BCUT2D eigenvalue weighted by molar-refractivity contribution is 0.103. The van der Waals surface area contributed by atoms with Crippen molar-refractivity contribution in [1.29, 1.82) is 0 Å². The highest BCUT2D eigenvalue weighted by molar-refractivity contribution is 5.16. The topological polar surface area (TPSA) is 92.0 Å². The van der Waals surface area contributed by atoms with Crippen LogP contribution in [0, 0.1) is 0 Å². The molecule has 0 aliphatic rings. The van der Waals surface area contributed by atoms with Crippen LogP contribution in [-0.4, -0.2) is 28.4 Å². The molecule has 12 heavy (non-hydrogen) atoms. The Hall–Kier alpha value is -1.14. The number of ether oxygens (including phenoxy) is 1. The predicted molar refractivity (Wildman–Crippen MR) is 44.2 cm³/mol. The quantitative estimate of drug-likeness (QED) is 0.611. The molecule has 6 nitrogen and oxygen atoms in total. The summed E-state index contributed by atoms with van der Waals surface area (Å²) in [6.45, 7) is 0.347. The van der Waals surface area contributed by atoms with E-state index in [1.54, 1.807) is 14.2 Å². The highest BCUT2D eigenvalue weighted by Crippen LogP contribution is 2.11. The van der Waals surface area contributed by atoms with E-state index in [-0.39, 0.29) is 6.10 Å². The van der Waals surface area contributed by atoms with E-state index >= 15 is 0 Å². The Bertz CT molecular complexity index is 235. The average Bonchev–Trinajstić information content (AvgIpc) is 2.35. The molecule has 6 heteroatoms. The smallest absolute Gasteiger partial charge is 0.218 e. The maximum Gasteiger partial charge on any atom is 0.218 e. The van der Waals surface area contributed by atoms with Crippen molar-refractivity contribution < 1.29 is 4.74 Å². The summed E-state index contributed by atoms with van der Waals surface area (Å²) in [5.74, 6) is 0.889. The van der Waals surface area contributed by atoms with Crippen LogP contribution in [-0.2, 0) is 11.8 Å². The Morgan fingerprint density at radius 2 is 2.33 bits per heavy atom. The van der Waals surface area contributed by atoms with Gasteiger partial charge in [-0.05, 0) is 0 Å². The van der Waals surface area contributed by atoms with E-state index < -0.39 is 0 Å². The molecule has 1 unspecified atom stereocenters. The molecule has 0 aromatic carbocycles. The van der Waals surface area contributed by atoms with Gasteiger partial charge in [-0.3, -0.25) is 0 Å². The zero-order chi connectivity index (χ0) is 9.14. The fourth-order valence-electron chi connectivity index (χ4n) is 0.860. The van der Waals surface area contributed by atoms with Crippen molar-refractivity contribution in [2.45, 2.75) is 6.10 Å². The zero-order valence-electron chi connectivity index (χ0n) is 7.19. The van der Waals surface area contributed by atoms with Gasteiger partial charge in [-0.15, -0.1) is 0 Å². The van der Waals surface area contributed by atoms with Gasteiger partial charge in [0.1, 0.15) is 6.10 Å². The highest BCUT2D eigenvalue weighted by atomic mass is 16.5. The molecule has 1 aromatic rings. The first kappa shape index (κ1) is 8.95. The van der Waals surface area contributed by atoms with Crippen LogP contribution in [0.4, 0.5) is 5.95 Å². The molecule has 1 aromatic heterocycles. The first-order valence-electron chi connectivity index (χ1n) is 3.58. The Kier molecular flexibility index (Phi) is 2.61. The molecular formula is C6H13N5O. The molecule has 0 radical (unpaired) electrons. The lowest BCUT2D eigenvalue weighted by Crippen LogP contribution is -2.15. The van der Waals surface area contributed by atoms with Crippen LogP contribution < -0.4 is 11.5 Å². The van der Waals surface area contributed by atoms with Gasteiger partial charge in [-0.2, -0.15) is 10.1 Å². The predicted octanol–water partition coefficient (Wildman–Crippen LogP) is -0.956. The molecule has 0 saturated carbocycles.